The molecule has 2 saturated heterocycles. The molecule has 1 N–H and O–H groups in total. The molecular formula is C27H37N3O5. The van der Waals surface area contributed by atoms with E-state index in [1.807, 2.05) is 24.3 Å². The van der Waals surface area contributed by atoms with E-state index < -0.39 is 0 Å². The van der Waals surface area contributed by atoms with E-state index in [2.05, 4.69) is 17.2 Å². The average molecular weight is 484 g/mol. The summed E-state index contributed by atoms with van der Waals surface area (Å²) in [5, 5.41) is 2.85. The van der Waals surface area contributed by atoms with Crippen LogP contribution in [0.2, 0.25) is 0 Å². The van der Waals surface area contributed by atoms with E-state index in [0.717, 1.165) is 45.1 Å². The number of aromatic nitrogens is 1. The molecule has 190 valence electrons. The van der Waals surface area contributed by atoms with Crippen LogP contribution in [0.15, 0.2) is 34.9 Å². The highest BCUT2D eigenvalue weighted by atomic mass is 16.5. The number of unbranched alkanes of at least 4 members (excludes halogenated alkanes) is 2. The molecule has 3 heterocycles. The minimum atomic E-state index is -0.300. The van der Waals surface area contributed by atoms with Gasteiger partial charge in [0.1, 0.15) is 6.26 Å². The molecule has 2 aromatic rings. The van der Waals surface area contributed by atoms with E-state index in [4.69, 9.17) is 13.9 Å². The van der Waals surface area contributed by atoms with Crippen molar-refractivity contribution in [3.8, 4) is 0 Å². The number of carbonyl (C=O) groups is 2. The summed E-state index contributed by atoms with van der Waals surface area (Å²) in [4.78, 5) is 31.9. The van der Waals surface area contributed by atoms with Crippen molar-refractivity contribution >= 4 is 11.8 Å². The topological polar surface area (TPSA) is 93.9 Å². The fraction of sp³-hybridized carbons (Fsp3) is 0.593. The number of oxazole rings is 1. The second-order valence-corrected chi connectivity index (χ2v) is 9.45. The maximum Gasteiger partial charge on any atom is 0.273 e. The largest absolute Gasteiger partial charge is 0.446 e. The standard InChI is InChI=1S/C27H37N3O5/c1-2-3-4-7-20-10-12-21(13-11-20)27(32)30(17-23-9-6-15-34-23)18-25-29-24(19-35-25)26(31)28-16-22-8-5-14-33-22/h10-13,19,22-23H,2-9,14-18H2,1H3,(H,28,31). The normalized spacial score (nSPS) is 19.7. The molecule has 4 rings (SSSR count). The zero-order valence-corrected chi connectivity index (χ0v) is 20.7. The Labute approximate surface area is 207 Å². The number of carbonyl (C=O) groups excluding carboxylic acids is 2. The summed E-state index contributed by atoms with van der Waals surface area (Å²) in [6.45, 7) is 4.74. The van der Waals surface area contributed by atoms with Gasteiger partial charge >= 0.3 is 0 Å². The molecule has 2 aliphatic rings. The van der Waals surface area contributed by atoms with Crippen LogP contribution in [-0.2, 0) is 22.4 Å². The minimum absolute atomic E-state index is 0.00332. The predicted octanol–water partition coefficient (Wildman–Crippen LogP) is 4.14. The Balaban J connectivity index is 1.39. The second-order valence-electron chi connectivity index (χ2n) is 9.45. The number of hydrogen-bond acceptors (Lipinski definition) is 6. The molecule has 0 saturated carbocycles. The molecule has 2 unspecified atom stereocenters. The fourth-order valence-electron chi connectivity index (χ4n) is 4.58. The van der Waals surface area contributed by atoms with Gasteiger partial charge in [0.25, 0.3) is 11.8 Å². The summed E-state index contributed by atoms with van der Waals surface area (Å²) in [7, 11) is 0. The molecule has 0 aliphatic carbocycles. The van der Waals surface area contributed by atoms with Gasteiger partial charge < -0.3 is 24.1 Å². The lowest BCUT2D eigenvalue weighted by molar-refractivity contribution is 0.0487. The van der Waals surface area contributed by atoms with E-state index >= 15 is 0 Å². The highest BCUT2D eigenvalue weighted by Gasteiger charge is 2.26. The van der Waals surface area contributed by atoms with Crippen molar-refractivity contribution < 1.29 is 23.5 Å². The molecule has 2 amide bonds. The Morgan fingerprint density at radius 3 is 2.49 bits per heavy atom. The Bertz CT molecular complexity index is 946. The Kier molecular flexibility index (Phi) is 9.31. The van der Waals surface area contributed by atoms with E-state index in [1.54, 1.807) is 4.90 Å². The highest BCUT2D eigenvalue weighted by molar-refractivity contribution is 5.94. The summed E-state index contributed by atoms with van der Waals surface area (Å²) in [6, 6.07) is 7.86. The number of benzene rings is 1. The van der Waals surface area contributed by atoms with E-state index in [1.165, 1.54) is 24.7 Å². The molecule has 2 fully saturated rings. The van der Waals surface area contributed by atoms with Crippen molar-refractivity contribution in [3.63, 3.8) is 0 Å². The van der Waals surface area contributed by atoms with E-state index in [0.29, 0.717) is 31.2 Å². The van der Waals surface area contributed by atoms with Crippen LogP contribution in [0.3, 0.4) is 0 Å². The number of ether oxygens (including phenoxy) is 2. The Morgan fingerprint density at radius 1 is 1.06 bits per heavy atom. The number of aryl methyl sites for hydroxylation is 1. The fourth-order valence-corrected chi connectivity index (χ4v) is 4.58. The van der Waals surface area contributed by atoms with Gasteiger partial charge in [0.05, 0.1) is 18.8 Å². The summed E-state index contributed by atoms with van der Waals surface area (Å²) < 4.78 is 16.9. The van der Waals surface area contributed by atoms with Crippen LogP contribution >= 0.6 is 0 Å². The monoisotopic (exact) mass is 483 g/mol. The lowest BCUT2D eigenvalue weighted by atomic mass is 10.0. The molecule has 8 heteroatoms. The van der Waals surface area contributed by atoms with E-state index in [-0.39, 0.29) is 36.3 Å². The van der Waals surface area contributed by atoms with Crippen LogP contribution in [0, 0.1) is 0 Å². The van der Waals surface area contributed by atoms with Crippen molar-refractivity contribution in [1.82, 2.24) is 15.2 Å². The van der Waals surface area contributed by atoms with Crippen molar-refractivity contribution in [2.24, 2.45) is 0 Å². The first-order valence-electron chi connectivity index (χ1n) is 13.0. The van der Waals surface area contributed by atoms with Gasteiger partial charge in [0.2, 0.25) is 5.89 Å². The third-order valence-corrected chi connectivity index (χ3v) is 6.63. The molecule has 2 atom stereocenters. The number of hydrogen-bond donors (Lipinski definition) is 1. The smallest absolute Gasteiger partial charge is 0.273 e. The number of nitrogens with one attached hydrogen (secondary N) is 1. The number of rotatable bonds is 12. The van der Waals surface area contributed by atoms with Gasteiger partial charge in [-0.1, -0.05) is 31.9 Å². The van der Waals surface area contributed by atoms with Gasteiger partial charge in [-0.3, -0.25) is 9.59 Å². The molecule has 0 bridgehead atoms. The lowest BCUT2D eigenvalue weighted by Gasteiger charge is -2.24. The lowest BCUT2D eigenvalue weighted by Crippen LogP contribution is -2.37. The van der Waals surface area contributed by atoms with Crippen LogP contribution in [0.4, 0.5) is 0 Å². The SMILES string of the molecule is CCCCCc1ccc(C(=O)N(Cc2nc(C(=O)NCC3CCCO3)co2)CC2CCCO2)cc1. The van der Waals surface area contributed by atoms with Crippen LogP contribution in [0.25, 0.3) is 0 Å². The zero-order valence-electron chi connectivity index (χ0n) is 20.7. The maximum atomic E-state index is 13.4. The Morgan fingerprint density at radius 2 is 1.80 bits per heavy atom. The van der Waals surface area contributed by atoms with Gasteiger partial charge in [-0.05, 0) is 56.2 Å². The summed E-state index contributed by atoms with van der Waals surface area (Å²) >= 11 is 0. The predicted molar refractivity (Wildman–Crippen MR) is 131 cm³/mol. The van der Waals surface area contributed by atoms with Crippen LogP contribution < -0.4 is 5.32 Å². The zero-order chi connectivity index (χ0) is 24.5. The van der Waals surface area contributed by atoms with Crippen molar-refractivity contribution in [2.45, 2.75) is 77.0 Å². The van der Waals surface area contributed by atoms with Gasteiger partial charge in [-0.2, -0.15) is 0 Å². The van der Waals surface area contributed by atoms with Crippen molar-refractivity contribution in [3.05, 3.63) is 53.2 Å². The van der Waals surface area contributed by atoms with Gasteiger partial charge in [-0.25, -0.2) is 4.98 Å². The number of nitrogens with zero attached hydrogens (tertiary/aromatic N) is 2. The molecule has 1 aromatic carbocycles. The van der Waals surface area contributed by atoms with Gasteiger partial charge in [0.15, 0.2) is 5.69 Å². The molecule has 35 heavy (non-hydrogen) atoms. The first-order valence-corrected chi connectivity index (χ1v) is 13.0. The molecule has 2 aliphatic heterocycles. The summed E-state index contributed by atoms with van der Waals surface area (Å²) in [5.41, 5.74) is 2.08. The quantitative estimate of drug-likeness (QED) is 0.456. The van der Waals surface area contributed by atoms with Crippen LogP contribution in [0.1, 0.15) is 84.2 Å². The highest BCUT2D eigenvalue weighted by Crippen LogP contribution is 2.18. The minimum Gasteiger partial charge on any atom is -0.446 e. The summed E-state index contributed by atoms with van der Waals surface area (Å²) in [5.74, 6) is -0.0656. The van der Waals surface area contributed by atoms with Crippen LogP contribution in [0.5, 0.6) is 0 Å². The maximum absolute atomic E-state index is 13.4. The Hall–Kier alpha value is -2.71. The third kappa shape index (κ3) is 7.39. The first-order chi connectivity index (χ1) is 17.1. The second kappa shape index (κ2) is 12.8. The van der Waals surface area contributed by atoms with Crippen molar-refractivity contribution in [1.29, 1.82) is 0 Å². The molecule has 0 radical (unpaired) electrons. The third-order valence-electron chi connectivity index (χ3n) is 6.63. The molecule has 0 spiro atoms. The van der Waals surface area contributed by atoms with E-state index in [9.17, 15) is 9.59 Å². The van der Waals surface area contributed by atoms with Gasteiger partial charge in [0, 0.05) is 31.9 Å². The number of amides is 2. The summed E-state index contributed by atoms with van der Waals surface area (Å²) in [6.07, 6.45) is 9.86. The van der Waals surface area contributed by atoms with Crippen LogP contribution in [-0.4, -0.2) is 60.2 Å². The first kappa shape index (κ1) is 25.4. The molecule has 8 nitrogen and oxygen atoms in total. The average Bonchev–Trinajstić information content (AvgIpc) is 3.66. The molecule has 1 aromatic heterocycles. The molecular weight excluding hydrogens is 446 g/mol. The van der Waals surface area contributed by atoms with Crippen molar-refractivity contribution in [2.75, 3.05) is 26.3 Å². The van der Waals surface area contributed by atoms with Gasteiger partial charge in [-0.15, -0.1) is 0 Å².